The van der Waals surface area contributed by atoms with E-state index in [1.807, 2.05) is 0 Å². The van der Waals surface area contributed by atoms with Crippen molar-refractivity contribution < 1.29 is 28.6 Å². The summed E-state index contributed by atoms with van der Waals surface area (Å²) in [7, 11) is 0. The fraction of sp³-hybridized carbons (Fsp3) is 0.819. The quantitative estimate of drug-likeness (QED) is 0.0261. The first kappa shape index (κ1) is 75.1. The Bertz CT molecular complexity index is 1390. The normalized spacial score (nSPS) is 12.4. The molecule has 0 saturated heterocycles. The van der Waals surface area contributed by atoms with E-state index in [-0.39, 0.29) is 31.1 Å². The second-order valence-corrected chi connectivity index (χ2v) is 23.1. The van der Waals surface area contributed by atoms with Crippen molar-refractivity contribution in [3.05, 3.63) is 60.8 Å². The topological polar surface area (TPSA) is 78.9 Å². The van der Waals surface area contributed by atoms with Crippen LogP contribution in [0.25, 0.3) is 0 Å². The molecule has 454 valence electrons. The first-order valence-corrected chi connectivity index (χ1v) is 34.3. The highest BCUT2D eigenvalue weighted by atomic mass is 16.6. The van der Waals surface area contributed by atoms with Gasteiger partial charge in [-0.15, -0.1) is 0 Å². The zero-order valence-corrected chi connectivity index (χ0v) is 52.2. The van der Waals surface area contributed by atoms with E-state index in [9.17, 15) is 14.4 Å². The van der Waals surface area contributed by atoms with Crippen LogP contribution in [0.1, 0.15) is 361 Å². The molecule has 0 aromatic rings. The number of carbonyl (C=O) groups is 3. The van der Waals surface area contributed by atoms with Gasteiger partial charge in [0.05, 0.1) is 0 Å². The van der Waals surface area contributed by atoms with E-state index in [1.54, 1.807) is 0 Å². The van der Waals surface area contributed by atoms with Crippen molar-refractivity contribution in [2.24, 2.45) is 0 Å². The van der Waals surface area contributed by atoms with Crippen molar-refractivity contribution in [1.29, 1.82) is 0 Å². The SMILES string of the molecule is CCCCCCC/C=C\C/C=C\C/C=C\CCCCCCCCCCCCCCC(=O)OCC(COC(=O)CCCCCCCCCCCCCC)OC(=O)CCCCCCCCCCC/C=C\C/C=C\CCCCCCC. The van der Waals surface area contributed by atoms with Crippen LogP contribution in [-0.4, -0.2) is 37.2 Å². The van der Waals surface area contributed by atoms with E-state index in [0.29, 0.717) is 19.3 Å². The van der Waals surface area contributed by atoms with Crippen molar-refractivity contribution in [2.75, 3.05) is 13.2 Å². The van der Waals surface area contributed by atoms with Crippen LogP contribution in [0.2, 0.25) is 0 Å². The molecule has 0 fully saturated rings. The first-order chi connectivity index (χ1) is 38.5. The lowest BCUT2D eigenvalue weighted by molar-refractivity contribution is -0.167. The summed E-state index contributed by atoms with van der Waals surface area (Å²) >= 11 is 0. The number of hydrogen-bond donors (Lipinski definition) is 0. The van der Waals surface area contributed by atoms with E-state index in [2.05, 4.69) is 81.5 Å². The molecule has 0 radical (unpaired) electrons. The Hall–Kier alpha value is -2.89. The Morgan fingerprint density at radius 3 is 0.718 bits per heavy atom. The molecule has 0 heterocycles. The lowest BCUT2D eigenvalue weighted by atomic mass is 10.0. The van der Waals surface area contributed by atoms with Crippen LogP contribution < -0.4 is 0 Å². The minimum atomic E-state index is -0.776. The zero-order chi connectivity index (χ0) is 56.4. The molecule has 0 saturated carbocycles. The first-order valence-electron chi connectivity index (χ1n) is 34.3. The molecule has 0 aliphatic carbocycles. The van der Waals surface area contributed by atoms with Crippen molar-refractivity contribution >= 4 is 17.9 Å². The Balaban J connectivity index is 4.25. The van der Waals surface area contributed by atoms with Gasteiger partial charge in [0.25, 0.3) is 0 Å². The van der Waals surface area contributed by atoms with E-state index >= 15 is 0 Å². The standard InChI is InChI=1S/C72H130O6/c1-4-7-10-13-16-19-22-25-27-29-31-33-34-35-36-37-38-40-41-43-45-47-50-53-56-59-62-65-71(74)77-68-69(67-76-70(73)64-61-58-55-52-49-24-21-18-15-12-9-6-3)78-72(75)66-63-60-57-54-51-48-46-44-42-39-32-30-28-26-23-20-17-14-11-8-5-2/h22-23,25-26,29-32,34-35,69H,4-21,24,27-28,33,36-68H2,1-3H3/b25-22-,26-23-,31-29-,32-30-,35-34-. The van der Waals surface area contributed by atoms with E-state index in [1.165, 1.54) is 244 Å². The summed E-state index contributed by atoms with van der Waals surface area (Å²) in [6.45, 7) is 6.66. The maximum absolute atomic E-state index is 12.9. The van der Waals surface area contributed by atoms with Gasteiger partial charge in [0.2, 0.25) is 0 Å². The van der Waals surface area contributed by atoms with Gasteiger partial charge in [-0.05, 0) is 89.9 Å². The Morgan fingerprint density at radius 2 is 0.462 bits per heavy atom. The number of unbranched alkanes of at least 4 members (excludes halogenated alkanes) is 42. The lowest BCUT2D eigenvalue weighted by Gasteiger charge is -2.18. The third kappa shape index (κ3) is 63.9. The van der Waals surface area contributed by atoms with Gasteiger partial charge in [-0.2, -0.15) is 0 Å². The number of hydrogen-bond acceptors (Lipinski definition) is 6. The van der Waals surface area contributed by atoms with Crippen LogP contribution in [0.4, 0.5) is 0 Å². The van der Waals surface area contributed by atoms with Gasteiger partial charge in [0.1, 0.15) is 13.2 Å². The van der Waals surface area contributed by atoms with Crippen LogP contribution in [0.15, 0.2) is 60.8 Å². The molecule has 0 bridgehead atoms. The van der Waals surface area contributed by atoms with Crippen molar-refractivity contribution in [3.8, 4) is 0 Å². The smallest absolute Gasteiger partial charge is 0.306 e. The highest BCUT2D eigenvalue weighted by molar-refractivity contribution is 5.71. The summed E-state index contributed by atoms with van der Waals surface area (Å²) in [5.74, 6) is -0.858. The molecule has 1 atom stereocenters. The second-order valence-electron chi connectivity index (χ2n) is 23.1. The van der Waals surface area contributed by atoms with Crippen LogP contribution in [-0.2, 0) is 28.6 Å². The van der Waals surface area contributed by atoms with Crippen molar-refractivity contribution in [3.63, 3.8) is 0 Å². The molecule has 0 aliphatic heterocycles. The van der Waals surface area contributed by atoms with Gasteiger partial charge in [0, 0.05) is 19.3 Å². The predicted molar refractivity (Wildman–Crippen MR) is 339 cm³/mol. The summed E-state index contributed by atoms with van der Waals surface area (Å²) in [5, 5.41) is 0. The van der Waals surface area contributed by atoms with Crippen LogP contribution in [0.5, 0.6) is 0 Å². The maximum atomic E-state index is 12.9. The molecular formula is C72H130O6. The average molecular weight is 1090 g/mol. The number of esters is 3. The van der Waals surface area contributed by atoms with Crippen molar-refractivity contribution in [1.82, 2.24) is 0 Å². The molecule has 6 nitrogen and oxygen atoms in total. The average Bonchev–Trinajstić information content (AvgIpc) is 3.44. The van der Waals surface area contributed by atoms with Gasteiger partial charge in [-0.3, -0.25) is 14.4 Å². The number of rotatable bonds is 63. The van der Waals surface area contributed by atoms with Gasteiger partial charge in [0.15, 0.2) is 6.10 Å². The molecule has 0 aromatic heterocycles. The minimum absolute atomic E-state index is 0.0725. The van der Waals surface area contributed by atoms with Crippen LogP contribution >= 0.6 is 0 Å². The molecule has 0 rings (SSSR count). The fourth-order valence-corrected chi connectivity index (χ4v) is 10.1. The third-order valence-corrected chi connectivity index (χ3v) is 15.2. The Morgan fingerprint density at radius 1 is 0.256 bits per heavy atom. The summed E-state index contributed by atoms with van der Waals surface area (Å²) in [4.78, 5) is 38.4. The third-order valence-electron chi connectivity index (χ3n) is 15.2. The van der Waals surface area contributed by atoms with E-state index in [4.69, 9.17) is 14.2 Å². The highest BCUT2D eigenvalue weighted by Crippen LogP contribution is 2.17. The minimum Gasteiger partial charge on any atom is -0.462 e. The number of ether oxygens (including phenoxy) is 3. The van der Waals surface area contributed by atoms with E-state index in [0.717, 1.165) is 77.0 Å². The number of allylic oxidation sites excluding steroid dienone is 10. The van der Waals surface area contributed by atoms with Gasteiger partial charge in [-0.25, -0.2) is 0 Å². The molecule has 78 heavy (non-hydrogen) atoms. The Labute approximate surface area is 485 Å². The molecular weight excluding hydrogens is 961 g/mol. The molecule has 1 unspecified atom stereocenters. The summed E-state index contributed by atoms with van der Waals surface area (Å²) in [5.41, 5.74) is 0. The summed E-state index contributed by atoms with van der Waals surface area (Å²) < 4.78 is 17.0. The van der Waals surface area contributed by atoms with Crippen molar-refractivity contribution in [2.45, 2.75) is 367 Å². The highest BCUT2D eigenvalue weighted by Gasteiger charge is 2.19. The molecule has 0 aromatic carbocycles. The van der Waals surface area contributed by atoms with Crippen LogP contribution in [0, 0.1) is 0 Å². The van der Waals surface area contributed by atoms with E-state index < -0.39 is 6.10 Å². The zero-order valence-electron chi connectivity index (χ0n) is 52.2. The Kier molecular flexibility index (Phi) is 64.2. The fourth-order valence-electron chi connectivity index (χ4n) is 10.1. The lowest BCUT2D eigenvalue weighted by Crippen LogP contribution is -2.30. The monoisotopic (exact) mass is 1090 g/mol. The predicted octanol–water partition coefficient (Wildman–Crippen LogP) is 23.5. The molecule has 0 spiro atoms. The molecule has 0 amide bonds. The van der Waals surface area contributed by atoms with Gasteiger partial charge >= 0.3 is 17.9 Å². The van der Waals surface area contributed by atoms with Crippen LogP contribution in [0.3, 0.4) is 0 Å². The summed E-state index contributed by atoms with van der Waals surface area (Å²) in [6, 6.07) is 0. The molecule has 0 N–H and O–H groups in total. The maximum Gasteiger partial charge on any atom is 0.306 e. The number of carbonyl (C=O) groups excluding carboxylic acids is 3. The molecule has 6 heteroatoms. The largest absolute Gasteiger partial charge is 0.462 e. The van der Waals surface area contributed by atoms with Gasteiger partial charge in [-0.1, -0.05) is 313 Å². The summed E-state index contributed by atoms with van der Waals surface area (Å²) in [6.07, 6.45) is 85.2. The van der Waals surface area contributed by atoms with Gasteiger partial charge < -0.3 is 14.2 Å². The molecule has 0 aliphatic rings. The second kappa shape index (κ2) is 66.6.